The van der Waals surface area contributed by atoms with Crippen LogP contribution in [0.25, 0.3) is 0 Å². The maximum absolute atomic E-state index is 13.4. The Kier molecular flexibility index (Phi) is 3.74. The molecule has 1 atom stereocenters. The van der Waals surface area contributed by atoms with E-state index in [9.17, 15) is 13.9 Å². The molecule has 0 heterocycles. The maximum atomic E-state index is 13.4. The van der Waals surface area contributed by atoms with E-state index >= 15 is 0 Å². The average Bonchev–Trinajstić information content (AvgIpc) is 3.05. The van der Waals surface area contributed by atoms with Crippen molar-refractivity contribution in [3.63, 3.8) is 0 Å². The Hall–Kier alpha value is -1.00. The van der Waals surface area contributed by atoms with Crippen LogP contribution in [0.4, 0.5) is 8.78 Å². The van der Waals surface area contributed by atoms with Gasteiger partial charge in [-0.25, -0.2) is 8.78 Å². The zero-order valence-corrected chi connectivity index (χ0v) is 9.87. The lowest BCUT2D eigenvalue weighted by atomic mass is 10.1. The standard InChI is InChI=1S/C13H17F2NO/c1-16(7-9-5-6-9)8-12(17)10-3-2-4-11(14)13(10)15/h2-4,9,12,17H,5-8H2,1H3. The number of hydrogen-bond donors (Lipinski definition) is 1. The van der Waals surface area contributed by atoms with Gasteiger partial charge in [-0.2, -0.15) is 0 Å². The quantitative estimate of drug-likeness (QED) is 0.855. The molecule has 0 amide bonds. The minimum absolute atomic E-state index is 0.0349. The van der Waals surface area contributed by atoms with Crippen molar-refractivity contribution in [2.24, 2.45) is 5.92 Å². The molecule has 1 fully saturated rings. The molecule has 0 spiro atoms. The van der Waals surface area contributed by atoms with Gasteiger partial charge in [0.15, 0.2) is 11.6 Å². The lowest BCUT2D eigenvalue weighted by Gasteiger charge is -2.20. The largest absolute Gasteiger partial charge is 0.387 e. The number of rotatable bonds is 5. The predicted octanol–water partition coefficient (Wildman–Crippen LogP) is 2.34. The van der Waals surface area contributed by atoms with Crippen LogP contribution in [0.15, 0.2) is 18.2 Å². The smallest absolute Gasteiger partial charge is 0.164 e. The number of hydrogen-bond acceptors (Lipinski definition) is 2. The highest BCUT2D eigenvalue weighted by molar-refractivity contribution is 5.21. The molecule has 0 radical (unpaired) electrons. The van der Waals surface area contributed by atoms with E-state index in [2.05, 4.69) is 0 Å². The van der Waals surface area contributed by atoms with E-state index in [4.69, 9.17) is 0 Å². The monoisotopic (exact) mass is 241 g/mol. The fraction of sp³-hybridized carbons (Fsp3) is 0.538. The molecular weight excluding hydrogens is 224 g/mol. The fourth-order valence-corrected chi connectivity index (χ4v) is 1.99. The zero-order valence-electron chi connectivity index (χ0n) is 9.87. The van der Waals surface area contributed by atoms with E-state index in [1.54, 1.807) is 0 Å². The van der Waals surface area contributed by atoms with Gasteiger partial charge in [0, 0.05) is 18.7 Å². The normalized spacial score (nSPS) is 17.5. The molecule has 17 heavy (non-hydrogen) atoms. The Labute approximate surface area is 99.9 Å². The van der Waals surface area contributed by atoms with Gasteiger partial charge >= 0.3 is 0 Å². The van der Waals surface area contributed by atoms with Crippen LogP contribution in [0, 0.1) is 17.6 Å². The van der Waals surface area contributed by atoms with Gasteiger partial charge < -0.3 is 10.0 Å². The van der Waals surface area contributed by atoms with Crippen LogP contribution >= 0.6 is 0 Å². The van der Waals surface area contributed by atoms with Crippen molar-refractivity contribution >= 4 is 0 Å². The summed E-state index contributed by atoms with van der Waals surface area (Å²) in [5, 5.41) is 9.88. The van der Waals surface area contributed by atoms with Gasteiger partial charge in [-0.1, -0.05) is 12.1 Å². The number of likely N-dealkylation sites (N-methyl/N-ethyl adjacent to an activating group) is 1. The summed E-state index contributed by atoms with van der Waals surface area (Å²) in [6.07, 6.45) is 1.48. The molecule has 1 saturated carbocycles. The van der Waals surface area contributed by atoms with E-state index in [1.807, 2.05) is 11.9 Å². The molecule has 0 aromatic heterocycles. The maximum Gasteiger partial charge on any atom is 0.164 e. The molecule has 1 aliphatic carbocycles. The third kappa shape index (κ3) is 3.23. The summed E-state index contributed by atoms with van der Waals surface area (Å²) in [5.41, 5.74) is 0.0349. The molecule has 0 bridgehead atoms. The van der Waals surface area contributed by atoms with Crippen LogP contribution in [-0.2, 0) is 0 Å². The first-order chi connectivity index (χ1) is 8.08. The first kappa shape index (κ1) is 12.5. The first-order valence-corrected chi connectivity index (χ1v) is 5.88. The van der Waals surface area contributed by atoms with Crippen molar-refractivity contribution in [1.29, 1.82) is 0 Å². The molecule has 1 N–H and O–H groups in total. The molecule has 4 heteroatoms. The van der Waals surface area contributed by atoms with Crippen LogP contribution in [-0.4, -0.2) is 30.1 Å². The van der Waals surface area contributed by atoms with Crippen LogP contribution in [0.5, 0.6) is 0 Å². The van der Waals surface area contributed by atoms with Gasteiger partial charge in [0.1, 0.15) is 0 Å². The van der Waals surface area contributed by atoms with Gasteiger partial charge in [0.2, 0.25) is 0 Å². The second-order valence-electron chi connectivity index (χ2n) is 4.82. The fourth-order valence-electron chi connectivity index (χ4n) is 1.99. The Morgan fingerprint density at radius 1 is 1.41 bits per heavy atom. The third-order valence-corrected chi connectivity index (χ3v) is 3.09. The topological polar surface area (TPSA) is 23.5 Å². The summed E-state index contributed by atoms with van der Waals surface area (Å²) in [4.78, 5) is 1.96. The van der Waals surface area contributed by atoms with Crippen molar-refractivity contribution in [3.05, 3.63) is 35.4 Å². The van der Waals surface area contributed by atoms with Gasteiger partial charge in [-0.05, 0) is 31.9 Å². The Bertz CT molecular complexity index is 393. The third-order valence-electron chi connectivity index (χ3n) is 3.09. The summed E-state index contributed by atoms with van der Waals surface area (Å²) in [5.74, 6) is -1.14. The highest BCUT2D eigenvalue weighted by Crippen LogP contribution is 2.30. The molecular formula is C13H17F2NO. The lowest BCUT2D eigenvalue weighted by Crippen LogP contribution is -2.27. The molecule has 94 valence electrons. The van der Waals surface area contributed by atoms with Gasteiger partial charge in [0.25, 0.3) is 0 Å². The summed E-state index contributed by atoms with van der Waals surface area (Å²) in [6.45, 7) is 1.24. The number of benzene rings is 1. The summed E-state index contributed by atoms with van der Waals surface area (Å²) in [6, 6.07) is 3.89. The SMILES string of the molecule is CN(CC1CC1)CC(O)c1cccc(F)c1F. The van der Waals surface area contributed by atoms with Crippen LogP contribution in [0.3, 0.4) is 0 Å². The average molecular weight is 241 g/mol. The zero-order chi connectivity index (χ0) is 12.4. The molecule has 2 rings (SSSR count). The summed E-state index contributed by atoms with van der Waals surface area (Å²) < 4.78 is 26.4. The molecule has 1 aromatic rings. The number of halogens is 2. The number of aliphatic hydroxyl groups excluding tert-OH is 1. The van der Waals surface area contributed by atoms with Crippen molar-refractivity contribution in [2.75, 3.05) is 20.1 Å². The second-order valence-corrected chi connectivity index (χ2v) is 4.82. The van der Waals surface area contributed by atoms with E-state index in [0.717, 1.165) is 12.6 Å². The number of aliphatic hydroxyl groups is 1. The molecule has 1 unspecified atom stereocenters. The van der Waals surface area contributed by atoms with Gasteiger partial charge in [0.05, 0.1) is 6.10 Å². The van der Waals surface area contributed by atoms with Gasteiger partial charge in [-0.15, -0.1) is 0 Å². The van der Waals surface area contributed by atoms with E-state index in [1.165, 1.54) is 25.0 Å². The van der Waals surface area contributed by atoms with E-state index < -0.39 is 17.7 Å². The lowest BCUT2D eigenvalue weighted by molar-refractivity contribution is 0.120. The highest BCUT2D eigenvalue weighted by Gasteiger charge is 2.24. The molecule has 1 aliphatic rings. The molecule has 0 aliphatic heterocycles. The van der Waals surface area contributed by atoms with Crippen LogP contribution in [0.2, 0.25) is 0 Å². The molecule has 0 saturated heterocycles. The van der Waals surface area contributed by atoms with Crippen LogP contribution in [0.1, 0.15) is 24.5 Å². The summed E-state index contributed by atoms with van der Waals surface area (Å²) >= 11 is 0. The summed E-state index contributed by atoms with van der Waals surface area (Å²) in [7, 11) is 1.89. The predicted molar refractivity (Wildman–Crippen MR) is 61.5 cm³/mol. The Balaban J connectivity index is 1.97. The van der Waals surface area contributed by atoms with E-state index in [0.29, 0.717) is 12.5 Å². The number of nitrogens with zero attached hydrogens (tertiary/aromatic N) is 1. The van der Waals surface area contributed by atoms with Crippen molar-refractivity contribution < 1.29 is 13.9 Å². The second kappa shape index (κ2) is 5.10. The minimum atomic E-state index is -0.977. The van der Waals surface area contributed by atoms with Crippen LogP contribution < -0.4 is 0 Å². The van der Waals surface area contributed by atoms with Crippen molar-refractivity contribution in [3.8, 4) is 0 Å². The van der Waals surface area contributed by atoms with E-state index in [-0.39, 0.29) is 5.56 Å². The Morgan fingerprint density at radius 3 is 2.76 bits per heavy atom. The molecule has 2 nitrogen and oxygen atoms in total. The first-order valence-electron chi connectivity index (χ1n) is 5.88. The van der Waals surface area contributed by atoms with Crippen molar-refractivity contribution in [1.82, 2.24) is 4.90 Å². The minimum Gasteiger partial charge on any atom is -0.387 e. The highest BCUT2D eigenvalue weighted by atomic mass is 19.2. The Morgan fingerprint density at radius 2 is 2.12 bits per heavy atom. The van der Waals surface area contributed by atoms with Crippen molar-refractivity contribution in [2.45, 2.75) is 18.9 Å². The molecule has 1 aromatic carbocycles. The van der Waals surface area contributed by atoms with Gasteiger partial charge in [-0.3, -0.25) is 0 Å².